The van der Waals surface area contributed by atoms with Crippen LogP contribution in [0.1, 0.15) is 65.7 Å². The standard InChI is InChI=1S/C15H31NO/c1-4-5-13-6-8-14(9-7-13)16-15(10-11-17)12(2)3/h12-17H,4-11H2,1-3H3. The average molecular weight is 241 g/mol. The molecule has 0 aliphatic heterocycles. The first-order valence-electron chi connectivity index (χ1n) is 7.54. The molecule has 2 nitrogen and oxygen atoms in total. The second kappa shape index (κ2) is 8.10. The smallest absolute Gasteiger partial charge is 0.0445 e. The third-order valence-electron chi connectivity index (χ3n) is 4.24. The molecule has 1 unspecified atom stereocenters. The summed E-state index contributed by atoms with van der Waals surface area (Å²) in [5, 5.41) is 12.8. The first-order chi connectivity index (χ1) is 8.17. The molecule has 2 heteroatoms. The van der Waals surface area contributed by atoms with Crippen LogP contribution in [0.25, 0.3) is 0 Å². The minimum atomic E-state index is 0.307. The van der Waals surface area contributed by atoms with E-state index < -0.39 is 0 Å². The summed E-state index contributed by atoms with van der Waals surface area (Å²) < 4.78 is 0. The molecule has 0 aromatic rings. The number of rotatable bonds is 7. The van der Waals surface area contributed by atoms with E-state index in [1.54, 1.807) is 0 Å². The Morgan fingerprint density at radius 1 is 1.18 bits per heavy atom. The molecule has 1 atom stereocenters. The van der Waals surface area contributed by atoms with Gasteiger partial charge in [-0.1, -0.05) is 33.6 Å². The third kappa shape index (κ3) is 5.39. The fraction of sp³-hybridized carbons (Fsp3) is 1.00. The van der Waals surface area contributed by atoms with Crippen LogP contribution in [0.2, 0.25) is 0 Å². The zero-order chi connectivity index (χ0) is 12.7. The molecule has 102 valence electrons. The average Bonchev–Trinajstić information content (AvgIpc) is 2.31. The fourth-order valence-corrected chi connectivity index (χ4v) is 3.08. The van der Waals surface area contributed by atoms with Crippen molar-refractivity contribution in [2.45, 2.75) is 77.8 Å². The van der Waals surface area contributed by atoms with Crippen molar-refractivity contribution < 1.29 is 5.11 Å². The minimum Gasteiger partial charge on any atom is -0.396 e. The summed E-state index contributed by atoms with van der Waals surface area (Å²) in [4.78, 5) is 0. The fourth-order valence-electron chi connectivity index (χ4n) is 3.08. The van der Waals surface area contributed by atoms with Crippen LogP contribution in [0, 0.1) is 11.8 Å². The highest BCUT2D eigenvalue weighted by atomic mass is 16.3. The van der Waals surface area contributed by atoms with E-state index >= 15 is 0 Å². The molecule has 0 spiro atoms. The molecule has 1 aliphatic carbocycles. The Labute approximate surface area is 107 Å². The Kier molecular flexibility index (Phi) is 7.14. The predicted octanol–water partition coefficient (Wildman–Crippen LogP) is 3.34. The lowest BCUT2D eigenvalue weighted by Gasteiger charge is -2.33. The van der Waals surface area contributed by atoms with Crippen molar-refractivity contribution >= 4 is 0 Å². The largest absolute Gasteiger partial charge is 0.396 e. The van der Waals surface area contributed by atoms with Crippen molar-refractivity contribution in [1.82, 2.24) is 5.32 Å². The van der Waals surface area contributed by atoms with Crippen molar-refractivity contribution in [1.29, 1.82) is 0 Å². The Balaban J connectivity index is 2.28. The molecule has 0 aromatic heterocycles. The second-order valence-corrected chi connectivity index (χ2v) is 6.04. The van der Waals surface area contributed by atoms with Gasteiger partial charge < -0.3 is 10.4 Å². The molecule has 0 heterocycles. The van der Waals surface area contributed by atoms with Gasteiger partial charge in [0.15, 0.2) is 0 Å². The molecule has 1 fully saturated rings. The predicted molar refractivity (Wildman–Crippen MR) is 74.1 cm³/mol. The lowest BCUT2D eigenvalue weighted by atomic mass is 9.83. The van der Waals surface area contributed by atoms with Crippen LogP contribution in [0.5, 0.6) is 0 Å². The first-order valence-corrected chi connectivity index (χ1v) is 7.54. The monoisotopic (exact) mass is 241 g/mol. The summed E-state index contributed by atoms with van der Waals surface area (Å²) in [5.74, 6) is 1.60. The summed E-state index contributed by atoms with van der Waals surface area (Å²) in [6.45, 7) is 7.09. The molecular formula is C15H31NO. The van der Waals surface area contributed by atoms with E-state index in [0.29, 0.717) is 24.6 Å². The van der Waals surface area contributed by atoms with Gasteiger partial charge >= 0.3 is 0 Å². The number of hydrogen-bond acceptors (Lipinski definition) is 2. The van der Waals surface area contributed by atoms with Gasteiger partial charge in [-0.15, -0.1) is 0 Å². The van der Waals surface area contributed by atoms with Gasteiger partial charge in [-0.3, -0.25) is 0 Å². The van der Waals surface area contributed by atoms with Gasteiger partial charge in [-0.25, -0.2) is 0 Å². The van der Waals surface area contributed by atoms with Crippen LogP contribution < -0.4 is 5.32 Å². The SMILES string of the molecule is CCCC1CCC(NC(CCO)C(C)C)CC1. The maximum absolute atomic E-state index is 9.09. The van der Waals surface area contributed by atoms with Crippen molar-refractivity contribution in [2.24, 2.45) is 11.8 Å². The Bertz CT molecular complexity index is 185. The zero-order valence-electron chi connectivity index (χ0n) is 11.9. The quantitative estimate of drug-likeness (QED) is 0.716. The molecule has 1 rings (SSSR count). The molecule has 0 amide bonds. The van der Waals surface area contributed by atoms with Gasteiger partial charge in [0.05, 0.1) is 0 Å². The van der Waals surface area contributed by atoms with Crippen LogP contribution in [-0.4, -0.2) is 23.8 Å². The van der Waals surface area contributed by atoms with Crippen LogP contribution in [0.15, 0.2) is 0 Å². The Morgan fingerprint density at radius 2 is 1.82 bits per heavy atom. The molecule has 0 bridgehead atoms. The number of nitrogens with one attached hydrogen (secondary N) is 1. The minimum absolute atomic E-state index is 0.307. The van der Waals surface area contributed by atoms with Crippen LogP contribution in [-0.2, 0) is 0 Å². The Morgan fingerprint density at radius 3 is 2.29 bits per heavy atom. The molecule has 0 saturated heterocycles. The van der Waals surface area contributed by atoms with Gasteiger partial charge in [0, 0.05) is 18.7 Å². The summed E-state index contributed by atoms with van der Waals surface area (Å²) in [7, 11) is 0. The molecule has 0 aromatic carbocycles. The summed E-state index contributed by atoms with van der Waals surface area (Å²) >= 11 is 0. The van der Waals surface area contributed by atoms with Crippen molar-refractivity contribution in [3.8, 4) is 0 Å². The maximum Gasteiger partial charge on any atom is 0.0445 e. The second-order valence-electron chi connectivity index (χ2n) is 6.04. The van der Waals surface area contributed by atoms with Crippen LogP contribution in [0.4, 0.5) is 0 Å². The van der Waals surface area contributed by atoms with E-state index in [-0.39, 0.29) is 0 Å². The van der Waals surface area contributed by atoms with Gasteiger partial charge in [0.2, 0.25) is 0 Å². The van der Waals surface area contributed by atoms with E-state index in [9.17, 15) is 0 Å². The lowest BCUT2D eigenvalue weighted by Crippen LogP contribution is -2.43. The molecule has 0 radical (unpaired) electrons. The Hall–Kier alpha value is -0.0800. The summed E-state index contributed by atoms with van der Waals surface area (Å²) in [5.41, 5.74) is 0. The number of hydrogen-bond donors (Lipinski definition) is 2. The van der Waals surface area contributed by atoms with E-state index in [2.05, 4.69) is 26.1 Å². The van der Waals surface area contributed by atoms with E-state index in [1.807, 2.05) is 0 Å². The van der Waals surface area contributed by atoms with E-state index in [4.69, 9.17) is 5.11 Å². The van der Waals surface area contributed by atoms with Gasteiger partial charge in [-0.05, 0) is 43.9 Å². The normalized spacial score (nSPS) is 27.4. The lowest BCUT2D eigenvalue weighted by molar-refractivity contribution is 0.208. The highest BCUT2D eigenvalue weighted by Gasteiger charge is 2.23. The molecular weight excluding hydrogens is 210 g/mol. The van der Waals surface area contributed by atoms with Gasteiger partial charge in [-0.2, -0.15) is 0 Å². The zero-order valence-corrected chi connectivity index (χ0v) is 11.9. The molecule has 17 heavy (non-hydrogen) atoms. The molecule has 2 N–H and O–H groups in total. The van der Waals surface area contributed by atoms with Gasteiger partial charge in [0.25, 0.3) is 0 Å². The topological polar surface area (TPSA) is 32.3 Å². The summed E-state index contributed by atoms with van der Waals surface area (Å²) in [6.07, 6.45) is 9.11. The van der Waals surface area contributed by atoms with Crippen molar-refractivity contribution in [3.05, 3.63) is 0 Å². The molecule has 1 aliphatic rings. The van der Waals surface area contributed by atoms with Crippen molar-refractivity contribution in [2.75, 3.05) is 6.61 Å². The number of aliphatic hydroxyl groups is 1. The van der Waals surface area contributed by atoms with Crippen LogP contribution in [0.3, 0.4) is 0 Å². The van der Waals surface area contributed by atoms with Crippen molar-refractivity contribution in [3.63, 3.8) is 0 Å². The number of aliphatic hydroxyl groups excluding tert-OH is 1. The first kappa shape index (κ1) is 15.0. The highest BCUT2D eigenvalue weighted by molar-refractivity contribution is 4.81. The highest BCUT2D eigenvalue weighted by Crippen LogP contribution is 2.28. The van der Waals surface area contributed by atoms with Gasteiger partial charge in [0.1, 0.15) is 0 Å². The van der Waals surface area contributed by atoms with Crippen LogP contribution >= 0.6 is 0 Å². The van der Waals surface area contributed by atoms with E-state index in [1.165, 1.54) is 38.5 Å². The molecule has 1 saturated carbocycles. The maximum atomic E-state index is 9.09. The third-order valence-corrected chi connectivity index (χ3v) is 4.24. The summed E-state index contributed by atoms with van der Waals surface area (Å²) in [6, 6.07) is 1.19. The van der Waals surface area contributed by atoms with E-state index in [0.717, 1.165) is 12.3 Å².